The van der Waals surface area contributed by atoms with E-state index < -0.39 is 75.8 Å². The molecule has 16 heteroatoms. The van der Waals surface area contributed by atoms with Gasteiger partial charge in [-0.2, -0.15) is 0 Å². The van der Waals surface area contributed by atoms with Crippen molar-refractivity contribution < 1.29 is 53.2 Å². The van der Waals surface area contributed by atoms with E-state index in [4.69, 9.17) is 9.47 Å². The minimum atomic E-state index is -1.40. The van der Waals surface area contributed by atoms with Gasteiger partial charge in [0.15, 0.2) is 11.5 Å². The van der Waals surface area contributed by atoms with Gasteiger partial charge < -0.3 is 40.5 Å². The highest BCUT2D eigenvalue weighted by atomic mass is 32.2. The highest BCUT2D eigenvalue weighted by Gasteiger charge is 2.64. The molecule has 5 unspecified atom stereocenters. The van der Waals surface area contributed by atoms with Gasteiger partial charge in [0.1, 0.15) is 35.3 Å². The second kappa shape index (κ2) is 13.1. The zero-order chi connectivity index (χ0) is 34.1. The van der Waals surface area contributed by atoms with E-state index in [2.05, 4.69) is 16.0 Å². The number of carbonyl (C=O) groups excluding carboxylic acids is 6. The molecule has 0 bridgehead atoms. The summed E-state index contributed by atoms with van der Waals surface area (Å²) >= 11 is 1.23. The number of nitrogens with one attached hydrogen (secondary N) is 3. The van der Waals surface area contributed by atoms with E-state index in [9.17, 15) is 43.8 Å². The van der Waals surface area contributed by atoms with Crippen LogP contribution >= 0.6 is 11.8 Å². The van der Waals surface area contributed by atoms with Crippen LogP contribution in [0.4, 0.5) is 0 Å². The SMILES string of the molecule is CC(=O)Oc1cccc(C(=O)NC(C)C(=O)NC(C(=O)NC2C(=O)N3C2SC(C)(C)C3C(=O)O)c2ccc(O)cc2)c1OC(C)=O. The largest absolute Gasteiger partial charge is 0.508 e. The number of β-lactam (4-membered cyclic amide) rings is 1. The van der Waals surface area contributed by atoms with Crippen molar-refractivity contribution in [2.75, 3.05) is 0 Å². The molecular weight excluding hydrogens is 624 g/mol. The number of phenols is 1. The number of ether oxygens (including phenoxy) is 2. The molecule has 2 heterocycles. The first-order chi connectivity index (χ1) is 21.5. The molecule has 2 saturated heterocycles. The zero-order valence-corrected chi connectivity index (χ0v) is 26.2. The molecule has 15 nitrogen and oxygen atoms in total. The summed E-state index contributed by atoms with van der Waals surface area (Å²) in [6.07, 6.45) is 0. The normalized spacial score (nSPS) is 20.7. The average Bonchev–Trinajstić information content (AvgIpc) is 3.22. The lowest BCUT2D eigenvalue weighted by molar-refractivity contribution is -0.161. The van der Waals surface area contributed by atoms with Gasteiger partial charge >= 0.3 is 17.9 Å². The highest BCUT2D eigenvalue weighted by molar-refractivity contribution is 8.01. The molecule has 244 valence electrons. The van der Waals surface area contributed by atoms with E-state index in [1.54, 1.807) is 13.8 Å². The molecule has 5 atom stereocenters. The summed E-state index contributed by atoms with van der Waals surface area (Å²) in [4.78, 5) is 89.3. The fourth-order valence-corrected chi connectivity index (χ4v) is 6.76. The molecule has 0 radical (unpaired) electrons. The van der Waals surface area contributed by atoms with Gasteiger partial charge in [0.25, 0.3) is 5.91 Å². The number of hydrogen-bond acceptors (Lipinski definition) is 11. The monoisotopic (exact) mass is 656 g/mol. The second-order valence-corrected chi connectivity index (χ2v) is 12.9. The van der Waals surface area contributed by atoms with Gasteiger partial charge in [0.05, 0.1) is 5.56 Å². The molecule has 2 aromatic rings. The predicted molar refractivity (Wildman–Crippen MR) is 161 cm³/mol. The number of nitrogens with zero attached hydrogens (tertiary/aromatic N) is 1. The number of aromatic hydroxyl groups is 1. The van der Waals surface area contributed by atoms with Crippen molar-refractivity contribution in [3.05, 3.63) is 53.6 Å². The van der Waals surface area contributed by atoms with Crippen LogP contribution in [0.25, 0.3) is 0 Å². The summed E-state index contributed by atoms with van der Waals surface area (Å²) in [6.45, 7) is 6.92. The second-order valence-electron chi connectivity index (χ2n) is 11.1. The van der Waals surface area contributed by atoms with E-state index in [1.807, 2.05) is 0 Å². The summed E-state index contributed by atoms with van der Waals surface area (Å²) in [5.74, 6) is -6.40. The van der Waals surface area contributed by atoms with Crippen LogP contribution in [0.2, 0.25) is 0 Å². The maximum atomic E-state index is 13.6. The van der Waals surface area contributed by atoms with Crippen LogP contribution < -0.4 is 25.4 Å². The van der Waals surface area contributed by atoms with Crippen molar-refractivity contribution >= 4 is 53.3 Å². The van der Waals surface area contributed by atoms with Gasteiger partial charge in [-0.05, 0) is 50.6 Å². The highest BCUT2D eigenvalue weighted by Crippen LogP contribution is 2.50. The lowest BCUT2D eigenvalue weighted by Gasteiger charge is -2.44. The number of rotatable bonds is 10. The molecule has 4 rings (SSSR count). The Hall–Kier alpha value is -5.12. The molecule has 2 aliphatic heterocycles. The van der Waals surface area contributed by atoms with Crippen molar-refractivity contribution in [1.29, 1.82) is 0 Å². The standard InChI is InChI=1S/C30H32N4O11S/c1-13(31-25(39)18-7-6-8-19(44-14(2)35)22(18)45-15(3)36)24(38)32-20(16-9-11-17(37)12-10-16)26(40)33-21-27(41)34-23(29(42)43)30(4,5)46-28(21)34/h6-13,20-21,23,28,37H,1-5H3,(H,31,39)(H,32,38)(H,33,40)(H,42,43). The van der Waals surface area contributed by atoms with Crippen molar-refractivity contribution in [1.82, 2.24) is 20.9 Å². The third-order valence-corrected chi connectivity index (χ3v) is 8.78. The van der Waals surface area contributed by atoms with Crippen molar-refractivity contribution in [3.8, 4) is 17.2 Å². The van der Waals surface area contributed by atoms with Crippen molar-refractivity contribution in [3.63, 3.8) is 0 Å². The molecule has 2 aliphatic rings. The molecule has 4 amide bonds. The third kappa shape index (κ3) is 6.91. The molecule has 5 N–H and O–H groups in total. The Bertz CT molecular complexity index is 1610. The molecular formula is C30H32N4O11S. The molecule has 0 aromatic heterocycles. The van der Waals surface area contributed by atoms with Gasteiger partial charge in [-0.25, -0.2) is 4.79 Å². The topological polar surface area (TPSA) is 218 Å². The first-order valence-electron chi connectivity index (χ1n) is 13.9. The van der Waals surface area contributed by atoms with Crippen LogP contribution in [0.1, 0.15) is 56.6 Å². The Morgan fingerprint density at radius 3 is 2.15 bits per heavy atom. The zero-order valence-electron chi connectivity index (χ0n) is 25.4. The summed E-state index contributed by atoms with van der Waals surface area (Å²) in [6, 6.07) is 4.52. The summed E-state index contributed by atoms with van der Waals surface area (Å²) in [5, 5.41) is 26.4. The number of esters is 2. The lowest BCUT2D eigenvalue weighted by Crippen LogP contribution is -2.71. The quantitative estimate of drug-likeness (QED) is 0.137. The fraction of sp³-hybridized carbons (Fsp3) is 0.367. The van der Waals surface area contributed by atoms with Gasteiger partial charge in [0.2, 0.25) is 17.7 Å². The van der Waals surface area contributed by atoms with Gasteiger partial charge in [0, 0.05) is 18.6 Å². The number of carboxylic acid groups (broad SMARTS) is 1. The molecule has 0 saturated carbocycles. The number of thioether (sulfide) groups is 1. The average molecular weight is 657 g/mol. The Labute approximate surface area is 267 Å². The summed E-state index contributed by atoms with van der Waals surface area (Å²) in [7, 11) is 0. The Balaban J connectivity index is 1.52. The van der Waals surface area contributed by atoms with Gasteiger partial charge in [-0.1, -0.05) is 18.2 Å². The van der Waals surface area contributed by atoms with E-state index in [-0.39, 0.29) is 28.4 Å². The number of hydrogen-bond donors (Lipinski definition) is 5. The van der Waals surface area contributed by atoms with Crippen LogP contribution in [0.3, 0.4) is 0 Å². The Morgan fingerprint density at radius 1 is 0.935 bits per heavy atom. The summed E-state index contributed by atoms with van der Waals surface area (Å²) < 4.78 is 9.33. The van der Waals surface area contributed by atoms with Gasteiger partial charge in [-0.3, -0.25) is 28.8 Å². The number of para-hydroxylation sites is 1. The smallest absolute Gasteiger partial charge is 0.327 e. The number of phenolic OH excluding ortho intramolecular Hbond substituents is 1. The van der Waals surface area contributed by atoms with E-state index in [1.165, 1.54) is 66.1 Å². The van der Waals surface area contributed by atoms with Crippen molar-refractivity contribution in [2.24, 2.45) is 0 Å². The molecule has 2 aromatic carbocycles. The molecule has 0 aliphatic carbocycles. The number of carboxylic acids is 1. The van der Waals surface area contributed by atoms with Crippen molar-refractivity contribution in [2.45, 2.75) is 68.9 Å². The summed E-state index contributed by atoms with van der Waals surface area (Å²) in [5.41, 5.74) is 0.0194. The third-order valence-electron chi connectivity index (χ3n) is 7.21. The maximum Gasteiger partial charge on any atom is 0.327 e. The molecule has 0 spiro atoms. The first-order valence-corrected chi connectivity index (χ1v) is 14.8. The van der Waals surface area contributed by atoms with Crippen LogP contribution in [0.15, 0.2) is 42.5 Å². The Kier molecular flexibility index (Phi) is 9.60. The van der Waals surface area contributed by atoms with Crippen LogP contribution in [-0.4, -0.2) is 84.9 Å². The van der Waals surface area contributed by atoms with Gasteiger partial charge in [-0.15, -0.1) is 11.8 Å². The minimum Gasteiger partial charge on any atom is -0.508 e. The fourth-order valence-electron chi connectivity index (χ4n) is 5.14. The maximum absolute atomic E-state index is 13.6. The van der Waals surface area contributed by atoms with Crippen LogP contribution in [0.5, 0.6) is 17.2 Å². The predicted octanol–water partition coefficient (Wildman–Crippen LogP) is 0.850. The first kappa shape index (κ1) is 33.8. The lowest BCUT2D eigenvalue weighted by atomic mass is 9.95. The number of benzene rings is 2. The number of fused-ring (bicyclic) bond motifs is 1. The van der Waals surface area contributed by atoms with Crippen LogP contribution in [0, 0.1) is 0 Å². The number of amides is 4. The van der Waals surface area contributed by atoms with E-state index >= 15 is 0 Å². The Morgan fingerprint density at radius 2 is 1.57 bits per heavy atom. The number of carbonyl (C=O) groups is 7. The van der Waals surface area contributed by atoms with Crippen LogP contribution in [-0.2, 0) is 28.8 Å². The minimum absolute atomic E-state index is 0.108. The number of aliphatic carboxylic acids is 1. The van der Waals surface area contributed by atoms with E-state index in [0.717, 1.165) is 13.8 Å². The van der Waals surface area contributed by atoms with E-state index in [0.29, 0.717) is 0 Å². The molecule has 46 heavy (non-hydrogen) atoms. The molecule has 2 fully saturated rings.